The van der Waals surface area contributed by atoms with Crippen molar-refractivity contribution in [3.63, 3.8) is 0 Å². The zero-order valence-corrected chi connectivity index (χ0v) is 16.3. The number of piperazine rings is 1. The molecule has 2 heterocycles. The van der Waals surface area contributed by atoms with Crippen LogP contribution in [-0.4, -0.2) is 59.5 Å². The Bertz CT molecular complexity index is 803. The molecule has 1 fully saturated rings. The number of carbonyl (C=O) groups is 1. The second kappa shape index (κ2) is 8.35. The number of rotatable bonds is 5. The van der Waals surface area contributed by atoms with Crippen LogP contribution in [0.5, 0.6) is 5.88 Å². The van der Waals surface area contributed by atoms with Crippen molar-refractivity contribution in [2.45, 2.75) is 25.9 Å². The fourth-order valence-corrected chi connectivity index (χ4v) is 3.54. The van der Waals surface area contributed by atoms with E-state index in [4.69, 9.17) is 4.74 Å². The molecule has 0 bridgehead atoms. The normalized spacial score (nSPS) is 20.3. The molecule has 0 saturated carbocycles. The van der Waals surface area contributed by atoms with Crippen molar-refractivity contribution < 1.29 is 9.53 Å². The van der Waals surface area contributed by atoms with Crippen LogP contribution < -0.4 is 4.74 Å². The van der Waals surface area contributed by atoms with Crippen LogP contribution >= 0.6 is 0 Å². The minimum atomic E-state index is 0.0813. The molecule has 1 amide bonds. The standard InChI is InChI=1S/C22H27N3O2/c1-5-13-24-14-17(3)25(15-16(24)2)22(26)19-11-9-18(10-12-19)20-7-6-8-21(23-20)27-4/h5-12,16-17H,1,13-15H2,2-4H3. The molecular weight excluding hydrogens is 338 g/mol. The first kappa shape index (κ1) is 19.1. The van der Waals surface area contributed by atoms with Gasteiger partial charge in [-0.2, -0.15) is 0 Å². The van der Waals surface area contributed by atoms with E-state index in [0.29, 0.717) is 17.5 Å². The molecule has 1 aromatic carbocycles. The minimum absolute atomic E-state index is 0.0813. The van der Waals surface area contributed by atoms with Gasteiger partial charge in [0.05, 0.1) is 12.8 Å². The molecule has 0 radical (unpaired) electrons. The molecule has 2 atom stereocenters. The van der Waals surface area contributed by atoms with E-state index in [9.17, 15) is 4.79 Å². The van der Waals surface area contributed by atoms with E-state index >= 15 is 0 Å². The summed E-state index contributed by atoms with van der Waals surface area (Å²) in [6, 6.07) is 13.8. The fraction of sp³-hybridized carbons (Fsp3) is 0.364. The monoisotopic (exact) mass is 365 g/mol. The molecule has 2 unspecified atom stereocenters. The maximum atomic E-state index is 13.0. The van der Waals surface area contributed by atoms with Crippen molar-refractivity contribution in [2.24, 2.45) is 0 Å². The number of aromatic nitrogens is 1. The number of methoxy groups -OCH3 is 1. The lowest BCUT2D eigenvalue weighted by Gasteiger charge is -2.43. The molecule has 1 aliphatic heterocycles. The van der Waals surface area contributed by atoms with Crippen LogP contribution in [0.2, 0.25) is 0 Å². The number of nitrogens with zero attached hydrogens (tertiary/aromatic N) is 3. The van der Waals surface area contributed by atoms with E-state index in [0.717, 1.165) is 30.9 Å². The van der Waals surface area contributed by atoms with Gasteiger partial charge in [0.1, 0.15) is 0 Å². The lowest BCUT2D eigenvalue weighted by Crippen LogP contribution is -2.57. The fourth-order valence-electron chi connectivity index (χ4n) is 3.54. The summed E-state index contributed by atoms with van der Waals surface area (Å²) >= 11 is 0. The van der Waals surface area contributed by atoms with Gasteiger partial charge < -0.3 is 9.64 Å². The molecular formula is C22H27N3O2. The summed E-state index contributed by atoms with van der Waals surface area (Å²) in [5.74, 6) is 0.658. The number of carbonyl (C=O) groups excluding carboxylic acids is 1. The van der Waals surface area contributed by atoms with Gasteiger partial charge in [-0.1, -0.05) is 24.3 Å². The van der Waals surface area contributed by atoms with Crippen LogP contribution in [0.4, 0.5) is 0 Å². The maximum absolute atomic E-state index is 13.0. The third-order valence-corrected chi connectivity index (χ3v) is 5.10. The SMILES string of the molecule is C=CCN1CC(C)N(C(=O)c2ccc(-c3cccc(OC)n3)cc2)CC1C. The van der Waals surface area contributed by atoms with Crippen molar-refractivity contribution >= 4 is 5.91 Å². The van der Waals surface area contributed by atoms with Crippen molar-refractivity contribution in [3.8, 4) is 17.1 Å². The Morgan fingerprint density at radius 3 is 2.59 bits per heavy atom. The second-order valence-electron chi connectivity index (χ2n) is 7.04. The molecule has 3 rings (SSSR count). The summed E-state index contributed by atoms with van der Waals surface area (Å²) in [5.41, 5.74) is 2.49. The number of pyridine rings is 1. The van der Waals surface area contributed by atoms with Crippen LogP contribution in [0.25, 0.3) is 11.3 Å². The maximum Gasteiger partial charge on any atom is 0.254 e. The average molecular weight is 365 g/mol. The first-order chi connectivity index (χ1) is 13.0. The van der Waals surface area contributed by atoms with Crippen LogP contribution in [0.15, 0.2) is 55.1 Å². The highest BCUT2D eigenvalue weighted by Gasteiger charge is 2.31. The van der Waals surface area contributed by atoms with Gasteiger partial charge in [0.25, 0.3) is 5.91 Å². The molecule has 5 nitrogen and oxygen atoms in total. The predicted octanol–water partition coefficient (Wildman–Crippen LogP) is 3.48. The van der Waals surface area contributed by atoms with E-state index in [2.05, 4.69) is 30.3 Å². The molecule has 1 aromatic heterocycles. The summed E-state index contributed by atoms with van der Waals surface area (Å²) in [7, 11) is 1.60. The van der Waals surface area contributed by atoms with E-state index in [1.807, 2.05) is 53.4 Å². The van der Waals surface area contributed by atoms with E-state index < -0.39 is 0 Å². The van der Waals surface area contributed by atoms with Gasteiger partial charge in [-0.3, -0.25) is 9.69 Å². The van der Waals surface area contributed by atoms with Gasteiger partial charge in [0.2, 0.25) is 5.88 Å². The Labute approximate surface area is 161 Å². The minimum Gasteiger partial charge on any atom is -0.481 e. The van der Waals surface area contributed by atoms with Gasteiger partial charge in [0.15, 0.2) is 0 Å². The van der Waals surface area contributed by atoms with Gasteiger partial charge in [0, 0.05) is 48.9 Å². The highest BCUT2D eigenvalue weighted by molar-refractivity contribution is 5.95. The zero-order valence-electron chi connectivity index (χ0n) is 16.3. The smallest absolute Gasteiger partial charge is 0.254 e. The lowest BCUT2D eigenvalue weighted by molar-refractivity contribution is 0.0355. The number of hydrogen-bond donors (Lipinski definition) is 0. The predicted molar refractivity (Wildman–Crippen MR) is 108 cm³/mol. The Kier molecular flexibility index (Phi) is 5.91. The quantitative estimate of drug-likeness (QED) is 0.761. The van der Waals surface area contributed by atoms with Crippen LogP contribution in [-0.2, 0) is 0 Å². The summed E-state index contributed by atoms with van der Waals surface area (Å²) in [6.07, 6.45) is 1.92. The van der Waals surface area contributed by atoms with E-state index in [1.54, 1.807) is 7.11 Å². The molecule has 0 spiro atoms. The van der Waals surface area contributed by atoms with Gasteiger partial charge in [-0.05, 0) is 32.0 Å². The van der Waals surface area contributed by atoms with Crippen molar-refractivity contribution in [1.82, 2.24) is 14.8 Å². The molecule has 27 heavy (non-hydrogen) atoms. The van der Waals surface area contributed by atoms with E-state index in [-0.39, 0.29) is 11.9 Å². The van der Waals surface area contributed by atoms with Gasteiger partial charge >= 0.3 is 0 Å². The molecule has 1 aliphatic rings. The second-order valence-corrected chi connectivity index (χ2v) is 7.04. The van der Waals surface area contributed by atoms with Crippen LogP contribution in [0.1, 0.15) is 24.2 Å². The molecule has 1 saturated heterocycles. The lowest BCUT2D eigenvalue weighted by atomic mass is 10.0. The van der Waals surface area contributed by atoms with Crippen molar-refractivity contribution in [2.75, 3.05) is 26.7 Å². The number of hydrogen-bond acceptors (Lipinski definition) is 4. The topological polar surface area (TPSA) is 45.7 Å². The Hall–Kier alpha value is -2.66. The molecule has 0 aliphatic carbocycles. The number of benzene rings is 1. The Morgan fingerprint density at radius 1 is 1.19 bits per heavy atom. The molecule has 142 valence electrons. The highest BCUT2D eigenvalue weighted by Crippen LogP contribution is 2.22. The van der Waals surface area contributed by atoms with Gasteiger partial charge in [-0.25, -0.2) is 4.98 Å². The third kappa shape index (κ3) is 4.19. The Balaban J connectivity index is 1.75. The van der Waals surface area contributed by atoms with Crippen LogP contribution in [0, 0.1) is 0 Å². The first-order valence-electron chi connectivity index (χ1n) is 9.31. The zero-order chi connectivity index (χ0) is 19.4. The Morgan fingerprint density at radius 2 is 1.93 bits per heavy atom. The highest BCUT2D eigenvalue weighted by atomic mass is 16.5. The molecule has 2 aromatic rings. The number of amides is 1. The summed E-state index contributed by atoms with van der Waals surface area (Å²) in [5, 5.41) is 0. The summed E-state index contributed by atoms with van der Waals surface area (Å²) < 4.78 is 5.18. The van der Waals surface area contributed by atoms with Gasteiger partial charge in [-0.15, -0.1) is 6.58 Å². The first-order valence-corrected chi connectivity index (χ1v) is 9.31. The third-order valence-electron chi connectivity index (χ3n) is 5.10. The van der Waals surface area contributed by atoms with Crippen molar-refractivity contribution in [1.29, 1.82) is 0 Å². The largest absolute Gasteiger partial charge is 0.481 e. The summed E-state index contributed by atoms with van der Waals surface area (Å²) in [6.45, 7) is 10.5. The van der Waals surface area contributed by atoms with Crippen molar-refractivity contribution in [3.05, 3.63) is 60.7 Å². The molecule has 5 heteroatoms. The number of ether oxygens (including phenoxy) is 1. The van der Waals surface area contributed by atoms with E-state index in [1.165, 1.54) is 0 Å². The van der Waals surface area contributed by atoms with Crippen LogP contribution in [0.3, 0.4) is 0 Å². The average Bonchev–Trinajstić information content (AvgIpc) is 2.70. The summed E-state index contributed by atoms with van der Waals surface area (Å²) in [4.78, 5) is 21.8. The molecule has 0 N–H and O–H groups in total.